The number of halogens is 1. The fraction of sp³-hybridized carbons (Fsp3) is 0.588. The normalized spacial score (nSPS) is 16.5. The van der Waals surface area contributed by atoms with Crippen LogP contribution in [-0.4, -0.2) is 36.5 Å². The monoisotopic (exact) mass is 326 g/mol. The molecule has 0 unspecified atom stereocenters. The molecule has 1 aliphatic carbocycles. The van der Waals surface area contributed by atoms with Gasteiger partial charge < -0.3 is 15.4 Å². The number of rotatable bonds is 6. The van der Waals surface area contributed by atoms with E-state index >= 15 is 0 Å². The van der Waals surface area contributed by atoms with Crippen LogP contribution in [0.2, 0.25) is 0 Å². The molecule has 0 aliphatic heterocycles. The van der Waals surface area contributed by atoms with Gasteiger partial charge in [-0.25, -0.2) is 0 Å². The van der Waals surface area contributed by atoms with Crippen LogP contribution in [0.5, 0.6) is 5.75 Å². The Labute approximate surface area is 139 Å². The summed E-state index contributed by atoms with van der Waals surface area (Å²) in [6.07, 6.45) is 5.77. The number of benzene rings is 1. The van der Waals surface area contributed by atoms with Crippen LogP contribution < -0.4 is 10.5 Å². The van der Waals surface area contributed by atoms with E-state index in [4.69, 9.17) is 10.5 Å². The highest BCUT2D eigenvalue weighted by Crippen LogP contribution is 2.27. The molecule has 1 amide bonds. The van der Waals surface area contributed by atoms with E-state index in [2.05, 4.69) is 0 Å². The van der Waals surface area contributed by atoms with Crippen LogP contribution in [0.3, 0.4) is 0 Å². The fourth-order valence-electron chi connectivity index (χ4n) is 2.89. The van der Waals surface area contributed by atoms with E-state index in [0.717, 1.165) is 37.9 Å². The molecule has 2 N–H and O–H groups in total. The summed E-state index contributed by atoms with van der Waals surface area (Å²) in [5.74, 6) is 0.955. The average Bonchev–Trinajstić information content (AvgIpc) is 2.52. The van der Waals surface area contributed by atoms with Gasteiger partial charge in [0.2, 0.25) is 5.91 Å². The number of nitrogens with two attached hydrogens (primary N) is 1. The van der Waals surface area contributed by atoms with Gasteiger partial charge in [-0.05, 0) is 31.4 Å². The van der Waals surface area contributed by atoms with Gasteiger partial charge in [0, 0.05) is 13.6 Å². The first-order valence-electron chi connectivity index (χ1n) is 7.84. The highest BCUT2D eigenvalue weighted by Gasteiger charge is 2.36. The third-order valence-electron chi connectivity index (χ3n) is 4.17. The second-order valence-corrected chi connectivity index (χ2v) is 5.96. The van der Waals surface area contributed by atoms with Gasteiger partial charge in [-0.15, -0.1) is 12.4 Å². The average molecular weight is 327 g/mol. The fourth-order valence-corrected chi connectivity index (χ4v) is 2.89. The smallest absolute Gasteiger partial charge is 0.242 e. The van der Waals surface area contributed by atoms with Crippen molar-refractivity contribution in [3.63, 3.8) is 0 Å². The number of para-hydroxylation sites is 1. The first kappa shape index (κ1) is 18.8. The van der Waals surface area contributed by atoms with E-state index in [1.807, 2.05) is 37.4 Å². The summed E-state index contributed by atoms with van der Waals surface area (Å²) in [5, 5.41) is 0. The predicted octanol–water partition coefficient (Wildman–Crippen LogP) is 3.00. The van der Waals surface area contributed by atoms with Gasteiger partial charge in [0.1, 0.15) is 5.75 Å². The van der Waals surface area contributed by atoms with Crippen molar-refractivity contribution in [1.82, 2.24) is 4.90 Å². The molecule has 1 fully saturated rings. The Hall–Kier alpha value is -1.26. The molecule has 4 nitrogen and oxygen atoms in total. The molecule has 1 aromatic carbocycles. The van der Waals surface area contributed by atoms with E-state index in [0.29, 0.717) is 13.2 Å². The summed E-state index contributed by atoms with van der Waals surface area (Å²) in [6.45, 7) is 1.30. The minimum atomic E-state index is -0.632. The van der Waals surface area contributed by atoms with Crippen LogP contribution in [-0.2, 0) is 4.79 Å². The number of carbonyl (C=O) groups excluding carboxylic acids is 1. The number of hydrogen-bond donors (Lipinski definition) is 1. The predicted molar refractivity (Wildman–Crippen MR) is 91.4 cm³/mol. The SMILES string of the molecule is CN(CCCOc1ccccc1)C(=O)C1(N)CCCCC1.Cl. The van der Waals surface area contributed by atoms with Crippen molar-refractivity contribution < 1.29 is 9.53 Å². The van der Waals surface area contributed by atoms with Crippen molar-refractivity contribution in [1.29, 1.82) is 0 Å². The zero-order chi connectivity index (χ0) is 15.1. The minimum absolute atomic E-state index is 0. The third-order valence-corrected chi connectivity index (χ3v) is 4.17. The molecule has 1 aromatic rings. The number of carbonyl (C=O) groups is 1. The second-order valence-electron chi connectivity index (χ2n) is 5.96. The highest BCUT2D eigenvalue weighted by molar-refractivity contribution is 5.86. The van der Waals surface area contributed by atoms with E-state index in [-0.39, 0.29) is 18.3 Å². The molecule has 0 heterocycles. The molecular formula is C17H27ClN2O2. The van der Waals surface area contributed by atoms with Gasteiger partial charge in [0.25, 0.3) is 0 Å². The Morgan fingerprint density at radius 3 is 2.50 bits per heavy atom. The van der Waals surface area contributed by atoms with Crippen LogP contribution in [0.15, 0.2) is 30.3 Å². The maximum Gasteiger partial charge on any atom is 0.242 e. The molecule has 1 aliphatic rings. The van der Waals surface area contributed by atoms with Crippen molar-refractivity contribution in [2.75, 3.05) is 20.2 Å². The lowest BCUT2D eigenvalue weighted by Gasteiger charge is -2.35. The van der Waals surface area contributed by atoms with Crippen LogP contribution in [0.4, 0.5) is 0 Å². The van der Waals surface area contributed by atoms with Crippen LogP contribution in [0.25, 0.3) is 0 Å². The molecule has 0 spiro atoms. The molecule has 0 saturated heterocycles. The maximum absolute atomic E-state index is 12.4. The van der Waals surface area contributed by atoms with E-state index in [9.17, 15) is 4.79 Å². The van der Waals surface area contributed by atoms with Crippen molar-refractivity contribution >= 4 is 18.3 Å². The summed E-state index contributed by atoms with van der Waals surface area (Å²) in [4.78, 5) is 14.2. The van der Waals surface area contributed by atoms with E-state index in [1.165, 1.54) is 6.42 Å². The molecule has 5 heteroatoms. The Morgan fingerprint density at radius 1 is 1.23 bits per heavy atom. The molecule has 2 rings (SSSR count). The number of amides is 1. The number of likely N-dealkylation sites (N-methyl/N-ethyl adjacent to an activating group) is 1. The molecule has 22 heavy (non-hydrogen) atoms. The maximum atomic E-state index is 12.4. The van der Waals surface area contributed by atoms with Crippen LogP contribution in [0.1, 0.15) is 38.5 Å². The zero-order valence-electron chi connectivity index (χ0n) is 13.3. The Kier molecular flexibility index (Phi) is 7.69. The first-order valence-corrected chi connectivity index (χ1v) is 7.84. The molecular weight excluding hydrogens is 300 g/mol. The van der Waals surface area contributed by atoms with Gasteiger partial charge in [-0.3, -0.25) is 4.79 Å². The van der Waals surface area contributed by atoms with Gasteiger partial charge in [0.15, 0.2) is 0 Å². The summed E-state index contributed by atoms with van der Waals surface area (Å²) >= 11 is 0. The lowest BCUT2D eigenvalue weighted by molar-refractivity contribution is -0.137. The largest absolute Gasteiger partial charge is 0.494 e. The summed E-state index contributed by atoms with van der Waals surface area (Å²) in [6, 6.07) is 9.74. The molecule has 0 atom stereocenters. The van der Waals surface area contributed by atoms with Gasteiger partial charge in [0.05, 0.1) is 12.1 Å². The summed E-state index contributed by atoms with van der Waals surface area (Å²) in [5.41, 5.74) is 5.64. The Morgan fingerprint density at radius 2 is 1.86 bits per heavy atom. The van der Waals surface area contributed by atoms with E-state index in [1.54, 1.807) is 4.90 Å². The second kappa shape index (κ2) is 9.01. The van der Waals surface area contributed by atoms with E-state index < -0.39 is 5.54 Å². The Balaban J connectivity index is 0.00000242. The van der Waals surface area contributed by atoms with Crippen molar-refractivity contribution in [2.45, 2.75) is 44.1 Å². The van der Waals surface area contributed by atoms with Gasteiger partial charge in [-0.1, -0.05) is 37.5 Å². The zero-order valence-corrected chi connectivity index (χ0v) is 14.1. The van der Waals surface area contributed by atoms with Crippen molar-refractivity contribution in [2.24, 2.45) is 5.73 Å². The van der Waals surface area contributed by atoms with Gasteiger partial charge in [-0.2, -0.15) is 0 Å². The minimum Gasteiger partial charge on any atom is -0.494 e. The van der Waals surface area contributed by atoms with Crippen molar-refractivity contribution in [3.05, 3.63) is 30.3 Å². The number of hydrogen-bond acceptors (Lipinski definition) is 3. The molecule has 0 bridgehead atoms. The Bertz CT molecular complexity index is 447. The van der Waals surface area contributed by atoms with Crippen LogP contribution >= 0.6 is 12.4 Å². The molecule has 1 saturated carbocycles. The van der Waals surface area contributed by atoms with Crippen molar-refractivity contribution in [3.8, 4) is 5.75 Å². The third kappa shape index (κ3) is 5.18. The highest BCUT2D eigenvalue weighted by atomic mass is 35.5. The quantitative estimate of drug-likeness (QED) is 0.818. The lowest BCUT2D eigenvalue weighted by atomic mass is 9.81. The lowest BCUT2D eigenvalue weighted by Crippen LogP contribution is -2.55. The first-order chi connectivity index (χ1) is 10.1. The number of nitrogens with zero attached hydrogens (tertiary/aromatic N) is 1. The summed E-state index contributed by atoms with van der Waals surface area (Å²) < 4.78 is 5.64. The molecule has 0 aromatic heterocycles. The topological polar surface area (TPSA) is 55.6 Å². The molecule has 0 radical (unpaired) electrons. The number of ether oxygens (including phenoxy) is 1. The van der Waals surface area contributed by atoms with Crippen LogP contribution in [0, 0.1) is 0 Å². The standard InChI is InChI=1S/C17H26N2O2.ClH/c1-19(16(20)17(18)11-6-3-7-12-17)13-8-14-21-15-9-4-2-5-10-15;/h2,4-5,9-10H,3,6-8,11-14,18H2,1H3;1H. The summed E-state index contributed by atoms with van der Waals surface area (Å²) in [7, 11) is 1.84. The molecule has 124 valence electrons. The van der Waals surface area contributed by atoms with Gasteiger partial charge >= 0.3 is 0 Å².